The molecule has 3 aliphatic carbocycles. The van der Waals surface area contributed by atoms with Crippen molar-refractivity contribution in [2.45, 2.75) is 50.0 Å². The van der Waals surface area contributed by atoms with Crippen molar-refractivity contribution in [1.29, 1.82) is 0 Å². The van der Waals surface area contributed by atoms with Crippen molar-refractivity contribution in [3.8, 4) is 0 Å². The van der Waals surface area contributed by atoms with E-state index in [0.717, 1.165) is 30.6 Å². The fourth-order valence-electron chi connectivity index (χ4n) is 6.49. The largest absolute Gasteiger partial charge is 0.303 e. The van der Waals surface area contributed by atoms with Gasteiger partial charge in [0.1, 0.15) is 0 Å². The number of benzene rings is 1. The molecule has 2 fully saturated rings. The van der Waals surface area contributed by atoms with Crippen LogP contribution >= 0.6 is 0 Å². The second kappa shape index (κ2) is 6.96. The van der Waals surface area contributed by atoms with Crippen molar-refractivity contribution >= 4 is 10.0 Å². The molecule has 5 heteroatoms. The molecule has 4 atom stereocenters. The summed E-state index contributed by atoms with van der Waals surface area (Å²) in [6, 6.07) is 8.48. The van der Waals surface area contributed by atoms with Crippen LogP contribution in [-0.4, -0.2) is 39.2 Å². The van der Waals surface area contributed by atoms with Gasteiger partial charge < -0.3 is 4.90 Å². The highest BCUT2D eigenvalue weighted by atomic mass is 32.2. The van der Waals surface area contributed by atoms with E-state index in [0.29, 0.717) is 0 Å². The summed E-state index contributed by atoms with van der Waals surface area (Å²) >= 11 is 0. The first-order valence-corrected chi connectivity index (χ1v) is 12.8. The van der Waals surface area contributed by atoms with Gasteiger partial charge in [-0.1, -0.05) is 36.4 Å². The van der Waals surface area contributed by atoms with Crippen molar-refractivity contribution in [3.05, 3.63) is 47.5 Å². The average Bonchev–Trinajstić information content (AvgIpc) is 3.28. The smallest absolute Gasteiger partial charge is 0.209 e. The summed E-state index contributed by atoms with van der Waals surface area (Å²) in [7, 11) is -3.20. The Kier molecular flexibility index (Phi) is 4.68. The third-order valence-electron chi connectivity index (χ3n) is 7.90. The fourth-order valence-corrected chi connectivity index (χ4v) is 7.26. The molecule has 5 rings (SSSR count). The first-order chi connectivity index (χ1) is 13.4. The maximum atomic E-state index is 11.8. The topological polar surface area (TPSA) is 49.4 Å². The highest BCUT2D eigenvalue weighted by Gasteiger charge is 2.43. The maximum Gasteiger partial charge on any atom is 0.209 e. The molecule has 1 aromatic carbocycles. The van der Waals surface area contributed by atoms with Crippen LogP contribution in [-0.2, 0) is 15.4 Å². The molecule has 1 aliphatic heterocycles. The molecule has 1 heterocycles. The monoisotopic (exact) mass is 404 g/mol. The van der Waals surface area contributed by atoms with Gasteiger partial charge in [-0.3, -0.25) is 0 Å². The number of hydrogen-bond donors (Lipinski definition) is 1. The van der Waals surface area contributed by atoms with E-state index < -0.39 is 10.0 Å². The van der Waals surface area contributed by atoms with Crippen LogP contribution in [0.1, 0.15) is 58.5 Å². The molecule has 1 aromatic rings. The van der Waals surface area contributed by atoms with Gasteiger partial charge >= 0.3 is 0 Å². The molecule has 1 spiro atoms. The van der Waals surface area contributed by atoms with E-state index >= 15 is 0 Å². The normalized spacial score (nSPS) is 34.0. The van der Waals surface area contributed by atoms with E-state index in [2.05, 4.69) is 40.0 Å². The molecule has 28 heavy (non-hydrogen) atoms. The first kappa shape index (κ1) is 18.8. The van der Waals surface area contributed by atoms with Gasteiger partial charge in [0, 0.05) is 15.4 Å². The number of fused-ring (bicyclic) bond motifs is 4. The summed E-state index contributed by atoms with van der Waals surface area (Å²) in [5.41, 5.74) is 2.83. The standard InChI is InChI=1S/C23H32N2O2S.2H2/c1-28(26,27)24-22-8-9-23(21-5-3-2-4-20(21)22)10-12-25(13-11-23)16-19-15-17-6-7-18(19)14-17;;/h2-7,17-19,22,24H,8-16H2,1H3;2*1H/t17?,18?,19?,22-;;/m0../s1. The predicted molar refractivity (Wildman–Crippen MR) is 117 cm³/mol. The van der Waals surface area contributed by atoms with Crippen molar-refractivity contribution < 1.29 is 11.3 Å². The number of hydrogen-bond acceptors (Lipinski definition) is 3. The molecule has 156 valence electrons. The highest BCUT2D eigenvalue weighted by Crippen LogP contribution is 2.49. The van der Waals surface area contributed by atoms with Crippen LogP contribution in [0.3, 0.4) is 0 Å². The van der Waals surface area contributed by atoms with Gasteiger partial charge in [-0.15, -0.1) is 0 Å². The second-order valence-corrected chi connectivity index (χ2v) is 11.5. The molecule has 4 nitrogen and oxygen atoms in total. The zero-order chi connectivity index (χ0) is 19.4. The van der Waals surface area contributed by atoms with Crippen LogP contribution in [0.15, 0.2) is 36.4 Å². The van der Waals surface area contributed by atoms with Gasteiger partial charge in [-0.05, 0) is 85.9 Å². The highest BCUT2D eigenvalue weighted by molar-refractivity contribution is 7.88. The summed E-state index contributed by atoms with van der Waals surface area (Å²) in [4.78, 5) is 2.70. The fraction of sp³-hybridized carbons (Fsp3) is 0.652. The van der Waals surface area contributed by atoms with Gasteiger partial charge in [0.05, 0.1) is 6.26 Å². The van der Waals surface area contributed by atoms with E-state index in [1.54, 1.807) is 0 Å². The third kappa shape index (κ3) is 3.46. The lowest BCUT2D eigenvalue weighted by atomic mass is 9.63. The van der Waals surface area contributed by atoms with Crippen molar-refractivity contribution in [3.63, 3.8) is 0 Å². The molecule has 0 aromatic heterocycles. The number of sulfonamides is 1. The summed E-state index contributed by atoms with van der Waals surface area (Å²) in [6.45, 7) is 3.62. The number of allylic oxidation sites excluding steroid dienone is 2. The lowest BCUT2D eigenvalue weighted by Crippen LogP contribution is -2.47. The summed E-state index contributed by atoms with van der Waals surface area (Å²) < 4.78 is 26.5. The lowest BCUT2D eigenvalue weighted by Gasteiger charge is -2.47. The van der Waals surface area contributed by atoms with Crippen LogP contribution in [0.5, 0.6) is 0 Å². The van der Waals surface area contributed by atoms with E-state index in [1.165, 1.54) is 62.7 Å². The molecule has 1 saturated carbocycles. The molecular weight excluding hydrogens is 368 g/mol. The Bertz CT molecular complexity index is 881. The maximum absolute atomic E-state index is 11.8. The minimum atomic E-state index is -3.20. The second-order valence-electron chi connectivity index (χ2n) is 9.69. The average molecular weight is 405 g/mol. The number of nitrogens with zero attached hydrogens (tertiary/aromatic N) is 1. The van der Waals surface area contributed by atoms with Crippen LogP contribution < -0.4 is 4.72 Å². The Morgan fingerprint density at radius 1 is 1.14 bits per heavy atom. The van der Waals surface area contributed by atoms with E-state index in [9.17, 15) is 8.42 Å². The Morgan fingerprint density at radius 3 is 2.61 bits per heavy atom. The molecule has 2 bridgehead atoms. The van der Waals surface area contributed by atoms with E-state index in [-0.39, 0.29) is 14.3 Å². The van der Waals surface area contributed by atoms with Crippen molar-refractivity contribution in [2.24, 2.45) is 17.8 Å². The van der Waals surface area contributed by atoms with E-state index in [4.69, 9.17) is 0 Å². The van der Waals surface area contributed by atoms with Gasteiger partial charge in [-0.25, -0.2) is 13.1 Å². The van der Waals surface area contributed by atoms with Crippen molar-refractivity contribution in [2.75, 3.05) is 25.9 Å². The zero-order valence-corrected chi connectivity index (χ0v) is 17.6. The van der Waals surface area contributed by atoms with Gasteiger partial charge in [-0.2, -0.15) is 0 Å². The SMILES string of the molecule is CS(=O)(=O)N[C@H]1CCC2(CCN(CC3CC4C=CC3C4)CC2)c2ccccc21.[HH].[HH]. The molecule has 3 unspecified atom stereocenters. The minimum Gasteiger partial charge on any atom is -0.303 e. The lowest BCUT2D eigenvalue weighted by molar-refractivity contribution is 0.119. The number of piperidine rings is 1. The van der Waals surface area contributed by atoms with Crippen LogP contribution in [0, 0.1) is 17.8 Å². The molecular formula is C23H36N2O2S. The van der Waals surface area contributed by atoms with Crippen LogP contribution in [0.25, 0.3) is 0 Å². The summed E-state index contributed by atoms with van der Waals surface area (Å²) in [6.07, 6.45) is 13.4. The molecule has 0 radical (unpaired) electrons. The van der Waals surface area contributed by atoms with Crippen LogP contribution in [0.2, 0.25) is 0 Å². The molecule has 1 N–H and O–H groups in total. The summed E-state index contributed by atoms with van der Waals surface area (Å²) in [5, 5.41) is 0. The number of likely N-dealkylation sites (tertiary alicyclic amines) is 1. The number of rotatable bonds is 4. The Hall–Kier alpha value is -1.17. The van der Waals surface area contributed by atoms with E-state index in [1.807, 2.05) is 6.07 Å². The minimum absolute atomic E-state index is 0. The van der Waals surface area contributed by atoms with Gasteiger partial charge in [0.2, 0.25) is 10.0 Å². The zero-order valence-electron chi connectivity index (χ0n) is 16.8. The molecule has 0 amide bonds. The molecule has 4 aliphatic rings. The first-order valence-electron chi connectivity index (χ1n) is 10.9. The molecule has 1 saturated heterocycles. The summed E-state index contributed by atoms with van der Waals surface area (Å²) in [5.74, 6) is 2.56. The van der Waals surface area contributed by atoms with Crippen molar-refractivity contribution in [1.82, 2.24) is 9.62 Å². The van der Waals surface area contributed by atoms with Crippen LogP contribution in [0.4, 0.5) is 0 Å². The predicted octanol–water partition coefficient (Wildman–Crippen LogP) is 4.11. The Morgan fingerprint density at radius 2 is 1.93 bits per heavy atom. The van der Waals surface area contributed by atoms with Gasteiger partial charge in [0.25, 0.3) is 0 Å². The third-order valence-corrected chi connectivity index (χ3v) is 8.61. The van der Waals surface area contributed by atoms with Gasteiger partial charge in [0.15, 0.2) is 0 Å². The quantitative estimate of drug-likeness (QED) is 0.769. The Labute approximate surface area is 172 Å². The Balaban J connectivity index is 0.00000128. The number of nitrogens with one attached hydrogen (secondary N) is 1.